The maximum atomic E-state index is 5.74. The van der Waals surface area contributed by atoms with Gasteiger partial charge in [0.2, 0.25) is 0 Å². The monoisotopic (exact) mass is 193 g/mol. The molecule has 0 aromatic carbocycles. The first-order valence-corrected chi connectivity index (χ1v) is 5.10. The van der Waals surface area contributed by atoms with E-state index in [-0.39, 0.29) is 0 Å². The van der Waals surface area contributed by atoms with Crippen LogP contribution in [-0.4, -0.2) is 18.6 Å². The van der Waals surface area contributed by atoms with E-state index < -0.39 is 0 Å². The molecule has 2 atom stereocenters. The van der Waals surface area contributed by atoms with E-state index in [1.54, 1.807) is 6.20 Å². The molecule has 0 aliphatic heterocycles. The van der Waals surface area contributed by atoms with Gasteiger partial charge in [-0.25, -0.2) is 0 Å². The quantitative estimate of drug-likeness (QED) is 0.741. The zero-order valence-electron chi connectivity index (χ0n) is 8.90. The predicted octanol–water partition coefficient (Wildman–Crippen LogP) is 1.33. The molecule has 0 saturated heterocycles. The van der Waals surface area contributed by atoms with Gasteiger partial charge in [-0.05, 0) is 31.1 Å². The van der Waals surface area contributed by atoms with Crippen molar-refractivity contribution in [3.63, 3.8) is 0 Å². The molecule has 2 unspecified atom stereocenters. The zero-order chi connectivity index (χ0) is 10.4. The van der Waals surface area contributed by atoms with Crippen molar-refractivity contribution in [1.82, 2.24) is 10.3 Å². The summed E-state index contributed by atoms with van der Waals surface area (Å²) in [5, 5.41) is 3.30. The Labute approximate surface area is 85.7 Å². The summed E-state index contributed by atoms with van der Waals surface area (Å²) in [5.74, 6) is 0.476. The van der Waals surface area contributed by atoms with Crippen LogP contribution >= 0.6 is 0 Å². The maximum Gasteiger partial charge on any atom is 0.0373 e. The summed E-state index contributed by atoms with van der Waals surface area (Å²) < 4.78 is 0. The first-order chi connectivity index (χ1) is 6.83. The summed E-state index contributed by atoms with van der Waals surface area (Å²) in [7, 11) is 1.97. The van der Waals surface area contributed by atoms with E-state index in [9.17, 15) is 0 Å². The fraction of sp³-hybridized carbons (Fsp3) is 0.545. The molecule has 0 saturated carbocycles. The van der Waals surface area contributed by atoms with Crippen molar-refractivity contribution in [1.29, 1.82) is 0 Å². The van der Waals surface area contributed by atoms with Gasteiger partial charge in [0.15, 0.2) is 0 Å². The molecule has 0 bridgehead atoms. The van der Waals surface area contributed by atoms with E-state index in [2.05, 4.69) is 23.3 Å². The summed E-state index contributed by atoms with van der Waals surface area (Å²) in [6, 6.07) is 4.37. The number of nitrogens with one attached hydrogen (secondary N) is 1. The van der Waals surface area contributed by atoms with Gasteiger partial charge < -0.3 is 11.1 Å². The maximum absolute atomic E-state index is 5.74. The van der Waals surface area contributed by atoms with Gasteiger partial charge in [0.1, 0.15) is 0 Å². The number of hydrogen-bond acceptors (Lipinski definition) is 3. The summed E-state index contributed by atoms with van der Waals surface area (Å²) in [4.78, 5) is 4.12. The van der Waals surface area contributed by atoms with E-state index in [4.69, 9.17) is 5.73 Å². The molecule has 0 aliphatic rings. The van der Waals surface area contributed by atoms with Crippen LogP contribution < -0.4 is 11.1 Å². The molecule has 0 amide bonds. The van der Waals surface area contributed by atoms with Crippen LogP contribution in [0.3, 0.4) is 0 Å². The van der Waals surface area contributed by atoms with E-state index in [1.165, 1.54) is 5.56 Å². The lowest BCUT2D eigenvalue weighted by Gasteiger charge is -2.24. The van der Waals surface area contributed by atoms with Crippen LogP contribution in [0.25, 0.3) is 0 Å². The molecular weight excluding hydrogens is 174 g/mol. The highest BCUT2D eigenvalue weighted by atomic mass is 14.9. The topological polar surface area (TPSA) is 50.9 Å². The minimum Gasteiger partial charge on any atom is -0.330 e. The molecule has 78 valence electrons. The minimum atomic E-state index is 0.318. The molecule has 1 rings (SSSR count). The van der Waals surface area contributed by atoms with Crippen molar-refractivity contribution in [3.05, 3.63) is 30.1 Å². The Bertz CT molecular complexity index is 244. The summed E-state index contributed by atoms with van der Waals surface area (Å²) in [6.07, 6.45) is 4.77. The second-order valence-electron chi connectivity index (χ2n) is 3.46. The summed E-state index contributed by atoms with van der Waals surface area (Å²) in [5.41, 5.74) is 6.95. The lowest BCUT2D eigenvalue weighted by atomic mass is 9.92. The molecular formula is C11H19N3. The third-order valence-electron chi connectivity index (χ3n) is 2.65. The van der Waals surface area contributed by atoms with E-state index in [0.29, 0.717) is 18.5 Å². The number of aromatic nitrogens is 1. The highest BCUT2D eigenvalue weighted by molar-refractivity contribution is 5.14. The fourth-order valence-electron chi connectivity index (χ4n) is 1.77. The smallest absolute Gasteiger partial charge is 0.0373 e. The predicted molar refractivity (Wildman–Crippen MR) is 58.9 cm³/mol. The number of nitrogens with zero attached hydrogens (tertiary/aromatic N) is 1. The van der Waals surface area contributed by atoms with Crippen LogP contribution in [0.15, 0.2) is 24.5 Å². The molecule has 0 radical (unpaired) electrons. The van der Waals surface area contributed by atoms with Crippen LogP contribution in [0.4, 0.5) is 0 Å². The van der Waals surface area contributed by atoms with Gasteiger partial charge in [0, 0.05) is 18.4 Å². The highest BCUT2D eigenvalue weighted by Crippen LogP contribution is 2.22. The average Bonchev–Trinajstić information content (AvgIpc) is 2.27. The lowest BCUT2D eigenvalue weighted by molar-refractivity contribution is 0.377. The molecule has 1 aromatic rings. The van der Waals surface area contributed by atoms with E-state index in [1.807, 2.05) is 19.3 Å². The van der Waals surface area contributed by atoms with Gasteiger partial charge in [0.05, 0.1) is 0 Å². The Balaban J connectivity index is 2.81. The summed E-state index contributed by atoms with van der Waals surface area (Å²) >= 11 is 0. The Hall–Kier alpha value is -0.930. The van der Waals surface area contributed by atoms with Crippen molar-refractivity contribution in [3.8, 4) is 0 Å². The Morgan fingerprint density at radius 1 is 1.57 bits per heavy atom. The van der Waals surface area contributed by atoms with Gasteiger partial charge >= 0.3 is 0 Å². The first-order valence-electron chi connectivity index (χ1n) is 5.10. The fourth-order valence-corrected chi connectivity index (χ4v) is 1.77. The molecule has 3 N–H and O–H groups in total. The average molecular weight is 193 g/mol. The summed E-state index contributed by atoms with van der Waals surface area (Å²) in [6.45, 7) is 2.87. The van der Waals surface area contributed by atoms with Gasteiger partial charge in [-0.15, -0.1) is 0 Å². The molecule has 14 heavy (non-hydrogen) atoms. The van der Waals surface area contributed by atoms with Gasteiger partial charge in [0.25, 0.3) is 0 Å². The molecule has 3 heteroatoms. The minimum absolute atomic E-state index is 0.318. The molecule has 0 fully saturated rings. The number of rotatable bonds is 5. The third-order valence-corrected chi connectivity index (χ3v) is 2.65. The third kappa shape index (κ3) is 2.53. The van der Waals surface area contributed by atoms with Crippen LogP contribution in [0.2, 0.25) is 0 Å². The molecule has 3 nitrogen and oxygen atoms in total. The number of hydrogen-bond donors (Lipinski definition) is 2. The van der Waals surface area contributed by atoms with E-state index >= 15 is 0 Å². The van der Waals surface area contributed by atoms with Crippen LogP contribution in [0, 0.1) is 5.92 Å². The largest absolute Gasteiger partial charge is 0.330 e. The van der Waals surface area contributed by atoms with Crippen LogP contribution in [0.5, 0.6) is 0 Å². The molecule has 0 aliphatic carbocycles. The highest BCUT2D eigenvalue weighted by Gasteiger charge is 2.18. The Morgan fingerprint density at radius 3 is 2.79 bits per heavy atom. The van der Waals surface area contributed by atoms with Crippen LogP contribution in [0.1, 0.15) is 24.9 Å². The van der Waals surface area contributed by atoms with Crippen molar-refractivity contribution >= 4 is 0 Å². The van der Waals surface area contributed by atoms with E-state index in [0.717, 1.165) is 6.42 Å². The second-order valence-corrected chi connectivity index (χ2v) is 3.46. The standard InChI is InChI=1S/C11H19N3/c1-3-9(7-12)11(13-2)10-5-4-6-14-8-10/h4-6,8-9,11,13H,3,7,12H2,1-2H3. The Morgan fingerprint density at radius 2 is 2.36 bits per heavy atom. The zero-order valence-corrected chi connectivity index (χ0v) is 8.90. The Kier molecular flexibility index (Phi) is 4.56. The SMILES string of the molecule is CCC(CN)C(NC)c1cccnc1. The molecule has 1 aromatic heterocycles. The van der Waals surface area contributed by atoms with Crippen molar-refractivity contribution < 1.29 is 0 Å². The van der Waals surface area contributed by atoms with Crippen molar-refractivity contribution in [2.75, 3.05) is 13.6 Å². The van der Waals surface area contributed by atoms with Crippen LogP contribution in [-0.2, 0) is 0 Å². The first kappa shape index (κ1) is 11.1. The number of pyridine rings is 1. The van der Waals surface area contributed by atoms with Gasteiger partial charge in [-0.1, -0.05) is 19.4 Å². The van der Waals surface area contributed by atoms with Gasteiger partial charge in [-0.2, -0.15) is 0 Å². The van der Waals surface area contributed by atoms with Gasteiger partial charge in [-0.3, -0.25) is 4.98 Å². The molecule has 1 heterocycles. The van der Waals surface area contributed by atoms with Crippen molar-refractivity contribution in [2.24, 2.45) is 11.7 Å². The normalized spacial score (nSPS) is 15.1. The number of nitrogens with two attached hydrogens (primary N) is 1. The van der Waals surface area contributed by atoms with Crippen molar-refractivity contribution in [2.45, 2.75) is 19.4 Å². The molecule has 0 spiro atoms. The lowest BCUT2D eigenvalue weighted by Crippen LogP contribution is -2.30. The second kappa shape index (κ2) is 5.73.